The fourth-order valence-corrected chi connectivity index (χ4v) is 2.75. The van der Waals surface area contributed by atoms with Crippen molar-refractivity contribution in [2.45, 2.75) is 32.5 Å². The number of hydrogen-bond acceptors (Lipinski definition) is 5. The van der Waals surface area contributed by atoms with Crippen LogP contribution < -0.4 is 0 Å². The molecule has 3 rings (SSSR count). The molecule has 0 aliphatic carbocycles. The molecule has 0 amide bonds. The molecule has 0 radical (unpaired) electrons. The Morgan fingerprint density at radius 2 is 1.96 bits per heavy atom. The molecule has 0 saturated carbocycles. The Hall–Kier alpha value is -2.19. The van der Waals surface area contributed by atoms with Crippen LogP contribution in [0.2, 0.25) is 0 Å². The zero-order chi connectivity index (χ0) is 18.5. The molecule has 2 heterocycles. The minimum atomic E-state index is -1.52. The number of Topliss-reactive ketones (excluding diaryl/α,β-unsaturated/α-hetero) is 1. The number of benzene rings is 1. The predicted octanol–water partition coefficient (Wildman–Crippen LogP) is 3.81. The summed E-state index contributed by atoms with van der Waals surface area (Å²) in [5.41, 5.74) is 0.373. The van der Waals surface area contributed by atoms with Crippen LogP contribution in [0.1, 0.15) is 41.1 Å². The van der Waals surface area contributed by atoms with E-state index in [9.17, 15) is 18.0 Å². The van der Waals surface area contributed by atoms with E-state index < -0.39 is 17.5 Å². The minimum Gasteiger partial charge on any atom is -0.381 e. The van der Waals surface area contributed by atoms with Gasteiger partial charge in [0, 0.05) is 25.7 Å². The maximum Gasteiger partial charge on any atom is 0.194 e. The van der Waals surface area contributed by atoms with Crippen LogP contribution in [0.15, 0.2) is 22.7 Å². The third kappa shape index (κ3) is 4.70. The van der Waals surface area contributed by atoms with Crippen LogP contribution in [0, 0.1) is 23.4 Å². The third-order valence-electron chi connectivity index (χ3n) is 4.20. The van der Waals surface area contributed by atoms with Crippen LogP contribution in [0.5, 0.6) is 0 Å². The molecule has 1 aliphatic heterocycles. The Kier molecular flexibility index (Phi) is 6.05. The predicted molar refractivity (Wildman–Crippen MR) is 83.8 cm³/mol. The van der Waals surface area contributed by atoms with E-state index in [2.05, 4.69) is 5.16 Å². The van der Waals surface area contributed by atoms with Gasteiger partial charge in [0.1, 0.15) is 12.3 Å². The number of nitrogens with zero attached hydrogens (tertiary/aromatic N) is 1. The zero-order valence-corrected chi connectivity index (χ0v) is 14.0. The second-order valence-corrected chi connectivity index (χ2v) is 6.24. The molecule has 26 heavy (non-hydrogen) atoms. The van der Waals surface area contributed by atoms with Gasteiger partial charge in [0.2, 0.25) is 0 Å². The topological polar surface area (TPSA) is 61.6 Å². The van der Waals surface area contributed by atoms with Crippen molar-refractivity contribution in [3.63, 3.8) is 0 Å². The van der Waals surface area contributed by atoms with Gasteiger partial charge in [-0.05, 0) is 36.5 Å². The lowest BCUT2D eigenvalue weighted by Gasteiger charge is -2.04. The summed E-state index contributed by atoms with van der Waals surface area (Å²) in [4.78, 5) is 12.1. The molecule has 1 saturated heterocycles. The fourth-order valence-electron chi connectivity index (χ4n) is 2.75. The van der Waals surface area contributed by atoms with Crippen molar-refractivity contribution in [3.05, 3.63) is 52.7 Å². The molecule has 0 N–H and O–H groups in total. The minimum absolute atomic E-state index is 0.0304. The Bertz CT molecular complexity index is 749. The third-order valence-corrected chi connectivity index (χ3v) is 4.20. The molecule has 0 spiro atoms. The Labute approximate surface area is 148 Å². The molecule has 2 aromatic rings. The summed E-state index contributed by atoms with van der Waals surface area (Å²) in [7, 11) is 0. The van der Waals surface area contributed by atoms with E-state index in [1.165, 1.54) is 6.07 Å². The molecule has 1 atom stereocenters. The first-order valence-electron chi connectivity index (χ1n) is 8.30. The average Bonchev–Trinajstić information content (AvgIpc) is 3.29. The van der Waals surface area contributed by atoms with Crippen molar-refractivity contribution in [2.24, 2.45) is 5.92 Å². The van der Waals surface area contributed by atoms with Crippen molar-refractivity contribution in [1.82, 2.24) is 5.16 Å². The van der Waals surface area contributed by atoms with Gasteiger partial charge in [-0.2, -0.15) is 0 Å². The summed E-state index contributed by atoms with van der Waals surface area (Å²) < 4.78 is 54.7. The van der Waals surface area contributed by atoms with E-state index in [4.69, 9.17) is 14.0 Å². The number of ether oxygens (including phenoxy) is 2. The van der Waals surface area contributed by atoms with Gasteiger partial charge < -0.3 is 14.0 Å². The highest BCUT2D eigenvalue weighted by atomic mass is 19.2. The first-order valence-corrected chi connectivity index (χ1v) is 8.30. The largest absolute Gasteiger partial charge is 0.381 e. The number of rotatable bonds is 8. The van der Waals surface area contributed by atoms with Gasteiger partial charge in [0.25, 0.3) is 0 Å². The van der Waals surface area contributed by atoms with Gasteiger partial charge in [-0.15, -0.1) is 0 Å². The summed E-state index contributed by atoms with van der Waals surface area (Å²) in [5, 5.41) is 3.72. The molecule has 5 nitrogen and oxygen atoms in total. The second-order valence-electron chi connectivity index (χ2n) is 6.24. The Morgan fingerprint density at radius 1 is 1.19 bits per heavy atom. The number of carbonyl (C=O) groups is 1. The second kappa shape index (κ2) is 8.46. The number of carbonyl (C=O) groups excluding carboxylic acids is 1. The smallest absolute Gasteiger partial charge is 0.194 e. The van der Waals surface area contributed by atoms with Crippen molar-refractivity contribution >= 4 is 5.78 Å². The highest BCUT2D eigenvalue weighted by molar-refractivity contribution is 5.94. The number of halogens is 3. The number of aromatic nitrogens is 1. The first kappa shape index (κ1) is 18.6. The average molecular weight is 369 g/mol. The van der Waals surface area contributed by atoms with Crippen molar-refractivity contribution in [1.29, 1.82) is 0 Å². The van der Waals surface area contributed by atoms with Crippen molar-refractivity contribution in [2.75, 3.05) is 13.2 Å². The van der Waals surface area contributed by atoms with Crippen LogP contribution in [0.4, 0.5) is 13.2 Å². The molecule has 1 aromatic heterocycles. The van der Waals surface area contributed by atoms with Crippen LogP contribution in [-0.2, 0) is 22.7 Å². The van der Waals surface area contributed by atoms with Gasteiger partial charge >= 0.3 is 0 Å². The molecule has 1 fully saturated rings. The van der Waals surface area contributed by atoms with Gasteiger partial charge in [0.15, 0.2) is 29.0 Å². The standard InChI is InChI=1S/C18H18F3NO4/c19-14-5-12(6-15(20)18(14)21)9-25-10-13-7-16(22-26-13)17(23)2-1-11-3-4-24-8-11/h5-7,11H,1-4,8-10H2. The molecule has 1 unspecified atom stereocenters. The van der Waals surface area contributed by atoms with E-state index in [0.717, 1.165) is 31.6 Å². The summed E-state index contributed by atoms with van der Waals surface area (Å²) in [5.74, 6) is -3.45. The summed E-state index contributed by atoms with van der Waals surface area (Å²) in [6.07, 6.45) is 2.09. The van der Waals surface area contributed by atoms with E-state index in [0.29, 0.717) is 24.7 Å². The Balaban J connectivity index is 1.46. The van der Waals surface area contributed by atoms with Crippen LogP contribution in [0.25, 0.3) is 0 Å². The lowest BCUT2D eigenvalue weighted by Crippen LogP contribution is -2.05. The highest BCUT2D eigenvalue weighted by Gasteiger charge is 2.19. The lowest BCUT2D eigenvalue weighted by molar-refractivity contribution is 0.0875. The molecular weight excluding hydrogens is 351 g/mol. The van der Waals surface area contributed by atoms with E-state index in [-0.39, 0.29) is 30.3 Å². The summed E-state index contributed by atoms with van der Waals surface area (Å²) in [6.45, 7) is 1.26. The van der Waals surface area contributed by atoms with E-state index in [1.807, 2.05) is 0 Å². The maximum atomic E-state index is 13.1. The molecule has 0 bridgehead atoms. The molecule has 1 aliphatic rings. The van der Waals surface area contributed by atoms with Gasteiger partial charge in [-0.3, -0.25) is 4.79 Å². The van der Waals surface area contributed by atoms with Crippen molar-refractivity contribution < 1.29 is 32.0 Å². The van der Waals surface area contributed by atoms with Crippen LogP contribution in [-0.4, -0.2) is 24.2 Å². The lowest BCUT2D eigenvalue weighted by atomic mass is 10.00. The molecule has 8 heteroatoms. The van der Waals surface area contributed by atoms with E-state index in [1.54, 1.807) is 0 Å². The van der Waals surface area contributed by atoms with Crippen molar-refractivity contribution in [3.8, 4) is 0 Å². The Morgan fingerprint density at radius 3 is 2.65 bits per heavy atom. The fraction of sp³-hybridized carbons (Fsp3) is 0.444. The maximum absolute atomic E-state index is 13.1. The summed E-state index contributed by atoms with van der Waals surface area (Å²) >= 11 is 0. The van der Waals surface area contributed by atoms with Gasteiger partial charge in [0.05, 0.1) is 6.61 Å². The zero-order valence-electron chi connectivity index (χ0n) is 14.0. The van der Waals surface area contributed by atoms with Gasteiger partial charge in [-0.25, -0.2) is 13.2 Å². The molecule has 140 valence electrons. The quantitative estimate of drug-likeness (QED) is 0.523. The molecular formula is C18H18F3NO4. The van der Waals surface area contributed by atoms with Gasteiger partial charge in [-0.1, -0.05) is 5.16 Å². The van der Waals surface area contributed by atoms with Crippen LogP contribution >= 0.6 is 0 Å². The van der Waals surface area contributed by atoms with Crippen LogP contribution in [0.3, 0.4) is 0 Å². The highest BCUT2D eigenvalue weighted by Crippen LogP contribution is 2.20. The van der Waals surface area contributed by atoms with E-state index >= 15 is 0 Å². The summed E-state index contributed by atoms with van der Waals surface area (Å²) in [6, 6.07) is 3.21. The SMILES string of the molecule is O=C(CCC1CCOC1)c1cc(COCc2cc(F)c(F)c(F)c2)on1. The first-order chi connectivity index (χ1) is 12.5. The normalized spacial score (nSPS) is 17.0. The molecule has 1 aromatic carbocycles. The number of hydrogen-bond donors (Lipinski definition) is 0. The number of ketones is 1. The monoisotopic (exact) mass is 369 g/mol.